The number of rotatable bonds is 6. The maximum absolute atomic E-state index is 12.7. The fourth-order valence-corrected chi connectivity index (χ4v) is 5.22. The lowest BCUT2D eigenvalue weighted by molar-refractivity contribution is -0.123. The zero-order valence-corrected chi connectivity index (χ0v) is 24.6. The van der Waals surface area contributed by atoms with Gasteiger partial charge in [-0.05, 0) is 67.2 Å². The molecular formula is C31H31ClN4O3S. The topological polar surface area (TPSA) is 79.6 Å². The Morgan fingerprint density at radius 1 is 1.12 bits per heavy atom. The quantitative estimate of drug-likeness (QED) is 0.231. The van der Waals surface area contributed by atoms with Crippen LogP contribution in [-0.4, -0.2) is 23.1 Å². The van der Waals surface area contributed by atoms with E-state index in [-0.39, 0.29) is 18.0 Å². The van der Waals surface area contributed by atoms with E-state index in [2.05, 4.69) is 15.6 Å². The highest BCUT2D eigenvalue weighted by Gasteiger charge is 2.43. The molecule has 206 valence electrons. The summed E-state index contributed by atoms with van der Waals surface area (Å²) in [6.45, 7) is 7.56. The summed E-state index contributed by atoms with van der Waals surface area (Å²) < 4.78 is 12.2. The Morgan fingerprint density at radius 3 is 2.62 bits per heavy atom. The standard InChI is InChI=1S/C31H31ClN4O3S/c1-18-20(9-8-10-21(18)32)24-14-15-25(39-24)28-27(23-11-6-7-16-33-23)35-30(40)36(28)19-12-13-22(26(17-19)38-5)34-29(37)31(2,3)4/h6-17,27-28H,1-5H3,(H,34,37)(H,35,40)/t27-,28+/m1/s1. The molecule has 2 N–H and O–H groups in total. The number of hydrogen-bond donors (Lipinski definition) is 2. The van der Waals surface area contributed by atoms with E-state index in [1.807, 2.05) is 99.3 Å². The van der Waals surface area contributed by atoms with Crippen LogP contribution < -0.4 is 20.3 Å². The van der Waals surface area contributed by atoms with Crippen molar-refractivity contribution in [3.05, 3.63) is 95.0 Å². The van der Waals surface area contributed by atoms with Crippen LogP contribution in [0.3, 0.4) is 0 Å². The average Bonchev–Trinajstić information content (AvgIpc) is 3.55. The van der Waals surface area contributed by atoms with E-state index in [1.54, 1.807) is 13.3 Å². The van der Waals surface area contributed by atoms with Gasteiger partial charge in [-0.2, -0.15) is 0 Å². The Morgan fingerprint density at radius 2 is 1.93 bits per heavy atom. The Hall–Kier alpha value is -3.88. The summed E-state index contributed by atoms with van der Waals surface area (Å²) in [6, 6.07) is 20.5. The molecule has 9 heteroatoms. The summed E-state index contributed by atoms with van der Waals surface area (Å²) in [4.78, 5) is 19.3. The van der Waals surface area contributed by atoms with Crippen LogP contribution in [0.2, 0.25) is 5.02 Å². The minimum atomic E-state index is -0.552. The van der Waals surface area contributed by atoms with E-state index < -0.39 is 5.41 Å². The lowest BCUT2D eigenvalue weighted by Crippen LogP contribution is -2.30. The number of methoxy groups -OCH3 is 1. The van der Waals surface area contributed by atoms with Crippen LogP contribution in [0.25, 0.3) is 11.3 Å². The van der Waals surface area contributed by atoms with Crippen LogP contribution in [0.1, 0.15) is 49.9 Å². The molecule has 0 spiro atoms. The highest BCUT2D eigenvalue weighted by molar-refractivity contribution is 7.80. The maximum Gasteiger partial charge on any atom is 0.229 e. The summed E-state index contributed by atoms with van der Waals surface area (Å²) in [5.74, 6) is 1.84. The van der Waals surface area contributed by atoms with Crippen molar-refractivity contribution in [1.82, 2.24) is 10.3 Å². The number of hydrogen-bond acceptors (Lipinski definition) is 5. The van der Waals surface area contributed by atoms with Crippen molar-refractivity contribution in [2.45, 2.75) is 39.8 Å². The monoisotopic (exact) mass is 574 g/mol. The summed E-state index contributed by atoms with van der Waals surface area (Å²) >= 11 is 12.3. The molecule has 5 rings (SSSR count). The number of carbonyl (C=O) groups is 1. The number of nitrogens with zero attached hydrogens (tertiary/aromatic N) is 2. The van der Waals surface area contributed by atoms with E-state index in [0.29, 0.717) is 33.1 Å². The number of nitrogens with one attached hydrogen (secondary N) is 2. The third kappa shape index (κ3) is 5.29. The first-order valence-electron chi connectivity index (χ1n) is 12.9. The van der Waals surface area contributed by atoms with Crippen molar-refractivity contribution in [3.63, 3.8) is 0 Å². The van der Waals surface area contributed by atoms with Gasteiger partial charge in [0, 0.05) is 34.0 Å². The molecule has 0 bridgehead atoms. The largest absolute Gasteiger partial charge is 0.494 e. The molecule has 4 aromatic rings. The highest BCUT2D eigenvalue weighted by atomic mass is 35.5. The van der Waals surface area contributed by atoms with E-state index in [9.17, 15) is 4.79 Å². The fourth-order valence-electron chi connectivity index (χ4n) is 4.70. The molecule has 1 aliphatic heterocycles. The number of halogens is 1. The Labute approximate surface area is 244 Å². The first-order valence-corrected chi connectivity index (χ1v) is 13.7. The second-order valence-corrected chi connectivity index (χ2v) is 11.5. The van der Waals surface area contributed by atoms with E-state index in [0.717, 1.165) is 22.5 Å². The van der Waals surface area contributed by atoms with Crippen molar-refractivity contribution in [2.24, 2.45) is 5.41 Å². The van der Waals surface area contributed by atoms with Gasteiger partial charge in [0.25, 0.3) is 0 Å². The zero-order chi connectivity index (χ0) is 28.6. The number of benzene rings is 2. The molecule has 3 heterocycles. The van der Waals surface area contributed by atoms with Gasteiger partial charge in [0.2, 0.25) is 5.91 Å². The minimum absolute atomic E-state index is 0.107. The van der Waals surface area contributed by atoms with Crippen molar-refractivity contribution in [3.8, 4) is 17.1 Å². The molecule has 2 aromatic carbocycles. The predicted octanol–water partition coefficient (Wildman–Crippen LogP) is 7.47. The second kappa shape index (κ2) is 10.9. The summed E-state index contributed by atoms with van der Waals surface area (Å²) in [5.41, 5.74) is 3.51. The molecule has 0 aliphatic carbocycles. The van der Waals surface area contributed by atoms with Crippen LogP contribution >= 0.6 is 23.8 Å². The maximum atomic E-state index is 12.7. The first kappa shape index (κ1) is 27.7. The molecule has 1 saturated heterocycles. The smallest absolute Gasteiger partial charge is 0.229 e. The van der Waals surface area contributed by atoms with Crippen molar-refractivity contribution in [2.75, 3.05) is 17.3 Å². The average molecular weight is 575 g/mol. The number of thiocarbonyl (C=S) groups is 1. The van der Waals surface area contributed by atoms with Gasteiger partial charge in [-0.15, -0.1) is 0 Å². The van der Waals surface area contributed by atoms with E-state index >= 15 is 0 Å². The zero-order valence-electron chi connectivity index (χ0n) is 23.0. The van der Waals surface area contributed by atoms with E-state index in [1.165, 1.54) is 0 Å². The predicted molar refractivity (Wildman–Crippen MR) is 163 cm³/mol. The number of furan rings is 1. The lowest BCUT2D eigenvalue weighted by Gasteiger charge is -2.27. The number of carbonyl (C=O) groups excluding carboxylic acids is 1. The fraction of sp³-hybridized carbons (Fsp3) is 0.258. The molecule has 1 aliphatic rings. The molecule has 2 atom stereocenters. The van der Waals surface area contributed by atoms with Crippen molar-refractivity contribution >= 4 is 46.2 Å². The highest BCUT2D eigenvalue weighted by Crippen LogP contribution is 2.45. The van der Waals surface area contributed by atoms with Gasteiger partial charge in [-0.3, -0.25) is 9.78 Å². The molecule has 7 nitrogen and oxygen atoms in total. The molecule has 0 unspecified atom stereocenters. The Balaban J connectivity index is 1.57. The summed E-state index contributed by atoms with van der Waals surface area (Å²) in [6.07, 6.45) is 1.76. The van der Waals surface area contributed by atoms with Gasteiger partial charge in [-0.1, -0.05) is 50.6 Å². The van der Waals surface area contributed by atoms with Crippen LogP contribution in [0, 0.1) is 12.3 Å². The van der Waals surface area contributed by atoms with Crippen LogP contribution in [0.5, 0.6) is 5.75 Å². The van der Waals surface area contributed by atoms with Crippen molar-refractivity contribution < 1.29 is 13.9 Å². The third-order valence-electron chi connectivity index (χ3n) is 6.94. The number of pyridine rings is 1. The number of aromatic nitrogens is 1. The van der Waals surface area contributed by atoms with Gasteiger partial charge in [0.15, 0.2) is 5.11 Å². The summed E-state index contributed by atoms with van der Waals surface area (Å²) in [7, 11) is 1.58. The minimum Gasteiger partial charge on any atom is -0.494 e. The van der Waals surface area contributed by atoms with Crippen LogP contribution in [-0.2, 0) is 4.79 Å². The first-order chi connectivity index (χ1) is 19.1. The summed E-state index contributed by atoms with van der Waals surface area (Å²) in [5, 5.41) is 7.61. The molecule has 0 saturated carbocycles. The van der Waals surface area contributed by atoms with Crippen LogP contribution in [0.4, 0.5) is 11.4 Å². The molecular weight excluding hydrogens is 544 g/mol. The molecule has 40 heavy (non-hydrogen) atoms. The number of ether oxygens (including phenoxy) is 1. The third-order valence-corrected chi connectivity index (χ3v) is 7.67. The number of amides is 1. The normalized spacial score (nSPS) is 17.1. The van der Waals surface area contributed by atoms with Crippen LogP contribution in [0.15, 0.2) is 77.3 Å². The molecule has 1 amide bonds. The Bertz CT molecular complexity index is 1560. The van der Waals surface area contributed by atoms with Gasteiger partial charge in [-0.25, -0.2) is 0 Å². The lowest BCUT2D eigenvalue weighted by atomic mass is 9.95. The molecule has 0 radical (unpaired) electrons. The molecule has 2 aromatic heterocycles. The Kier molecular flexibility index (Phi) is 7.57. The van der Waals surface area contributed by atoms with E-state index in [4.69, 9.17) is 33.0 Å². The molecule has 1 fully saturated rings. The second-order valence-electron chi connectivity index (χ2n) is 10.7. The van der Waals surface area contributed by atoms with Gasteiger partial charge in [0.1, 0.15) is 23.3 Å². The van der Waals surface area contributed by atoms with Gasteiger partial charge < -0.3 is 24.7 Å². The SMILES string of the molecule is COc1cc(N2C(=S)N[C@H](c3ccccn3)[C@@H]2c2ccc(-c3cccc(Cl)c3C)o2)ccc1NC(=O)C(C)(C)C. The van der Waals surface area contributed by atoms with Crippen molar-refractivity contribution in [1.29, 1.82) is 0 Å². The van der Waals surface area contributed by atoms with Gasteiger partial charge >= 0.3 is 0 Å². The number of anilines is 2. The van der Waals surface area contributed by atoms with Gasteiger partial charge in [0.05, 0.1) is 24.5 Å².